The van der Waals surface area contributed by atoms with Crippen LogP contribution in [0.4, 0.5) is 0 Å². The number of amides is 1. The Bertz CT molecular complexity index is 214. The summed E-state index contributed by atoms with van der Waals surface area (Å²) in [6.07, 6.45) is 10.0. The number of carbonyl (C=O) groups excluding carboxylic acids is 1. The van der Waals surface area contributed by atoms with Gasteiger partial charge < -0.3 is 10.6 Å². The van der Waals surface area contributed by atoms with Gasteiger partial charge in [0.1, 0.15) is 0 Å². The van der Waals surface area contributed by atoms with Gasteiger partial charge in [-0.3, -0.25) is 4.79 Å². The topological polar surface area (TPSA) is 41.1 Å². The van der Waals surface area contributed by atoms with E-state index in [2.05, 4.69) is 16.6 Å². The highest BCUT2D eigenvalue weighted by Gasteiger charge is 2.19. The highest BCUT2D eigenvalue weighted by molar-refractivity contribution is 5.81. The molecule has 14 heavy (non-hydrogen) atoms. The van der Waals surface area contributed by atoms with E-state index in [9.17, 15) is 4.79 Å². The molecule has 0 aromatic rings. The van der Waals surface area contributed by atoms with Crippen LogP contribution in [0.15, 0.2) is 0 Å². The number of terminal acetylenes is 1. The van der Waals surface area contributed by atoms with E-state index < -0.39 is 0 Å². The molecule has 1 aliphatic rings. The second-order valence-corrected chi connectivity index (χ2v) is 3.60. The standard InChI is InChI=1S/C11H18N2O/c1-2-3-5-9-13-11(14)10-7-4-6-8-12-10/h1,10,12H,3-9H2,(H,13,14). The van der Waals surface area contributed by atoms with Crippen LogP contribution in [0.3, 0.4) is 0 Å². The van der Waals surface area contributed by atoms with Crippen molar-refractivity contribution in [1.29, 1.82) is 0 Å². The van der Waals surface area contributed by atoms with Crippen molar-refractivity contribution in [2.45, 2.75) is 38.1 Å². The molecule has 1 aliphatic heterocycles. The molecule has 0 aromatic heterocycles. The van der Waals surface area contributed by atoms with Gasteiger partial charge in [0.25, 0.3) is 0 Å². The normalized spacial score (nSPS) is 21.2. The van der Waals surface area contributed by atoms with E-state index in [0.717, 1.165) is 32.2 Å². The van der Waals surface area contributed by atoms with Gasteiger partial charge in [-0.25, -0.2) is 0 Å². The smallest absolute Gasteiger partial charge is 0.237 e. The molecule has 1 fully saturated rings. The Kier molecular flexibility index (Phi) is 5.09. The van der Waals surface area contributed by atoms with Crippen LogP contribution in [0.1, 0.15) is 32.1 Å². The Morgan fingerprint density at radius 2 is 2.43 bits per heavy atom. The third kappa shape index (κ3) is 3.80. The second kappa shape index (κ2) is 6.44. The quantitative estimate of drug-likeness (QED) is 0.510. The fraction of sp³-hybridized carbons (Fsp3) is 0.727. The van der Waals surface area contributed by atoms with Crippen molar-refractivity contribution in [1.82, 2.24) is 10.6 Å². The van der Waals surface area contributed by atoms with Crippen LogP contribution in [0.5, 0.6) is 0 Å². The molecule has 1 saturated heterocycles. The van der Waals surface area contributed by atoms with Crippen molar-refractivity contribution in [3.05, 3.63) is 0 Å². The number of rotatable bonds is 4. The van der Waals surface area contributed by atoms with Crippen molar-refractivity contribution >= 4 is 5.91 Å². The summed E-state index contributed by atoms with van der Waals surface area (Å²) in [6, 6.07) is 0.0228. The highest BCUT2D eigenvalue weighted by atomic mass is 16.2. The molecule has 1 amide bonds. The van der Waals surface area contributed by atoms with E-state index in [1.165, 1.54) is 6.42 Å². The van der Waals surface area contributed by atoms with Crippen LogP contribution in [-0.4, -0.2) is 25.0 Å². The van der Waals surface area contributed by atoms with Crippen LogP contribution in [0.25, 0.3) is 0 Å². The number of nitrogens with one attached hydrogen (secondary N) is 2. The summed E-state index contributed by atoms with van der Waals surface area (Å²) < 4.78 is 0. The Hall–Kier alpha value is -1.01. The Balaban J connectivity index is 2.11. The van der Waals surface area contributed by atoms with Gasteiger partial charge in [0.05, 0.1) is 6.04 Å². The fourth-order valence-corrected chi connectivity index (χ4v) is 1.60. The summed E-state index contributed by atoms with van der Waals surface area (Å²) in [5.41, 5.74) is 0. The zero-order valence-electron chi connectivity index (χ0n) is 8.51. The number of piperidine rings is 1. The average molecular weight is 194 g/mol. The maximum absolute atomic E-state index is 11.5. The lowest BCUT2D eigenvalue weighted by Crippen LogP contribution is -2.46. The number of hydrogen-bond donors (Lipinski definition) is 2. The van der Waals surface area contributed by atoms with E-state index in [1.807, 2.05) is 0 Å². The van der Waals surface area contributed by atoms with Crippen LogP contribution in [0.2, 0.25) is 0 Å². The minimum Gasteiger partial charge on any atom is -0.355 e. The first-order valence-electron chi connectivity index (χ1n) is 5.29. The van der Waals surface area contributed by atoms with Crippen LogP contribution < -0.4 is 10.6 Å². The Morgan fingerprint density at radius 1 is 1.57 bits per heavy atom. The zero-order chi connectivity index (χ0) is 10.2. The molecule has 0 radical (unpaired) electrons. The van der Waals surface area contributed by atoms with E-state index in [-0.39, 0.29) is 11.9 Å². The Morgan fingerprint density at radius 3 is 3.07 bits per heavy atom. The summed E-state index contributed by atoms with van der Waals surface area (Å²) in [4.78, 5) is 11.5. The monoisotopic (exact) mass is 194 g/mol. The van der Waals surface area contributed by atoms with Gasteiger partial charge >= 0.3 is 0 Å². The number of unbranched alkanes of at least 4 members (excludes halogenated alkanes) is 1. The van der Waals surface area contributed by atoms with Gasteiger partial charge in [-0.2, -0.15) is 0 Å². The molecule has 0 aromatic carbocycles. The third-order valence-electron chi connectivity index (χ3n) is 2.42. The maximum Gasteiger partial charge on any atom is 0.237 e. The molecular weight excluding hydrogens is 176 g/mol. The first-order valence-corrected chi connectivity index (χ1v) is 5.29. The highest BCUT2D eigenvalue weighted by Crippen LogP contribution is 2.06. The zero-order valence-corrected chi connectivity index (χ0v) is 8.51. The average Bonchev–Trinajstić information content (AvgIpc) is 2.25. The molecule has 0 saturated carbocycles. The SMILES string of the molecule is C#CCCCNC(=O)C1CCCCN1. The molecule has 1 heterocycles. The Labute approximate surface area is 85.6 Å². The number of carbonyl (C=O) groups is 1. The van der Waals surface area contributed by atoms with E-state index in [4.69, 9.17) is 6.42 Å². The van der Waals surface area contributed by atoms with Gasteiger partial charge in [-0.05, 0) is 25.8 Å². The van der Waals surface area contributed by atoms with Crippen LogP contribution in [0, 0.1) is 12.3 Å². The summed E-state index contributed by atoms with van der Waals surface area (Å²) in [5, 5.41) is 6.10. The first kappa shape index (κ1) is 11.1. The lowest BCUT2D eigenvalue weighted by atomic mass is 10.0. The summed E-state index contributed by atoms with van der Waals surface area (Å²) in [5.74, 6) is 2.68. The lowest BCUT2D eigenvalue weighted by molar-refractivity contribution is -0.123. The first-order chi connectivity index (χ1) is 6.84. The molecule has 0 bridgehead atoms. The molecular formula is C11H18N2O. The van der Waals surface area contributed by atoms with Crippen LogP contribution in [-0.2, 0) is 4.79 Å². The number of hydrogen-bond acceptors (Lipinski definition) is 2. The lowest BCUT2D eigenvalue weighted by Gasteiger charge is -2.22. The van der Waals surface area contributed by atoms with Gasteiger partial charge in [0.2, 0.25) is 5.91 Å². The van der Waals surface area contributed by atoms with Crippen molar-refractivity contribution in [2.75, 3.05) is 13.1 Å². The van der Waals surface area contributed by atoms with Crippen molar-refractivity contribution < 1.29 is 4.79 Å². The predicted octanol–water partition coefficient (Wildman–Crippen LogP) is 0.658. The molecule has 3 heteroatoms. The van der Waals surface area contributed by atoms with Gasteiger partial charge in [0.15, 0.2) is 0 Å². The minimum atomic E-state index is 0.0228. The maximum atomic E-state index is 11.5. The van der Waals surface area contributed by atoms with Crippen molar-refractivity contribution in [3.8, 4) is 12.3 Å². The summed E-state index contributed by atoms with van der Waals surface area (Å²) >= 11 is 0. The fourth-order valence-electron chi connectivity index (χ4n) is 1.60. The second-order valence-electron chi connectivity index (χ2n) is 3.60. The van der Waals surface area contributed by atoms with E-state index in [1.54, 1.807) is 0 Å². The summed E-state index contributed by atoms with van der Waals surface area (Å²) in [6.45, 7) is 1.66. The molecule has 2 N–H and O–H groups in total. The summed E-state index contributed by atoms with van der Waals surface area (Å²) in [7, 11) is 0. The van der Waals surface area contributed by atoms with E-state index in [0.29, 0.717) is 6.54 Å². The molecule has 0 spiro atoms. The minimum absolute atomic E-state index is 0.0228. The largest absolute Gasteiger partial charge is 0.355 e. The van der Waals surface area contributed by atoms with Gasteiger partial charge in [-0.15, -0.1) is 12.3 Å². The van der Waals surface area contributed by atoms with Crippen molar-refractivity contribution in [3.63, 3.8) is 0 Å². The van der Waals surface area contributed by atoms with Crippen molar-refractivity contribution in [2.24, 2.45) is 0 Å². The predicted molar refractivity (Wildman–Crippen MR) is 56.7 cm³/mol. The molecule has 0 aliphatic carbocycles. The van der Waals surface area contributed by atoms with Crippen LogP contribution >= 0.6 is 0 Å². The molecule has 1 unspecified atom stereocenters. The molecule has 1 atom stereocenters. The third-order valence-corrected chi connectivity index (χ3v) is 2.42. The molecule has 78 valence electrons. The van der Waals surface area contributed by atoms with Gasteiger partial charge in [0, 0.05) is 13.0 Å². The molecule has 3 nitrogen and oxygen atoms in total. The van der Waals surface area contributed by atoms with Gasteiger partial charge in [-0.1, -0.05) is 6.42 Å². The van der Waals surface area contributed by atoms with E-state index >= 15 is 0 Å². The molecule has 1 rings (SSSR count).